The van der Waals surface area contributed by atoms with E-state index in [9.17, 15) is 4.39 Å². The van der Waals surface area contributed by atoms with E-state index < -0.39 is 0 Å². The number of hydrogen-bond donors (Lipinski definition) is 1. The molecule has 0 amide bonds. The summed E-state index contributed by atoms with van der Waals surface area (Å²) in [4.78, 5) is 4.10. The minimum atomic E-state index is -0.322. The van der Waals surface area contributed by atoms with E-state index in [0.717, 1.165) is 37.9 Å². The van der Waals surface area contributed by atoms with Gasteiger partial charge >= 0.3 is 0 Å². The van der Waals surface area contributed by atoms with Gasteiger partial charge in [0.15, 0.2) is 5.82 Å². The van der Waals surface area contributed by atoms with Crippen LogP contribution >= 0.6 is 0 Å². The smallest absolute Gasteiger partial charge is 0.201 e. The SMILES string of the molecule is Nc1nc2c(F)cccc2n1CCC1CCCCO1. The Bertz CT molecular complexity index is 575. The van der Waals surface area contributed by atoms with Gasteiger partial charge in [-0.2, -0.15) is 0 Å². The average Bonchev–Trinajstić information content (AvgIpc) is 2.75. The van der Waals surface area contributed by atoms with Crippen LogP contribution in [0, 0.1) is 5.82 Å². The standard InChI is InChI=1S/C14H18FN3O/c15-11-5-3-6-12-13(11)17-14(16)18(12)8-7-10-4-1-2-9-19-10/h3,5-6,10H,1-2,4,7-9H2,(H2,16,17). The highest BCUT2D eigenvalue weighted by Gasteiger charge is 2.16. The number of benzene rings is 1. The van der Waals surface area contributed by atoms with Gasteiger partial charge in [0.2, 0.25) is 5.95 Å². The van der Waals surface area contributed by atoms with E-state index in [-0.39, 0.29) is 5.82 Å². The molecule has 1 aromatic heterocycles. The second-order valence-electron chi connectivity index (χ2n) is 5.01. The van der Waals surface area contributed by atoms with Crippen molar-refractivity contribution in [3.63, 3.8) is 0 Å². The number of para-hydroxylation sites is 1. The summed E-state index contributed by atoms with van der Waals surface area (Å²) in [6, 6.07) is 4.94. The molecule has 102 valence electrons. The maximum Gasteiger partial charge on any atom is 0.201 e. The molecule has 0 bridgehead atoms. The van der Waals surface area contributed by atoms with Crippen LogP contribution < -0.4 is 5.73 Å². The molecule has 4 nitrogen and oxygen atoms in total. The third-order valence-electron chi connectivity index (χ3n) is 3.71. The Morgan fingerprint density at radius 3 is 3.11 bits per heavy atom. The fourth-order valence-corrected chi connectivity index (χ4v) is 2.67. The molecule has 0 aliphatic carbocycles. The Morgan fingerprint density at radius 2 is 2.32 bits per heavy atom. The monoisotopic (exact) mass is 263 g/mol. The van der Waals surface area contributed by atoms with Gasteiger partial charge < -0.3 is 15.0 Å². The number of nitrogens with two attached hydrogens (primary N) is 1. The first-order valence-electron chi connectivity index (χ1n) is 6.77. The van der Waals surface area contributed by atoms with Crippen molar-refractivity contribution in [3.8, 4) is 0 Å². The number of aryl methyl sites for hydroxylation is 1. The fourth-order valence-electron chi connectivity index (χ4n) is 2.67. The Labute approximate surface area is 111 Å². The Hall–Kier alpha value is -1.62. The minimum Gasteiger partial charge on any atom is -0.378 e. The second-order valence-corrected chi connectivity index (χ2v) is 5.01. The van der Waals surface area contributed by atoms with E-state index in [2.05, 4.69) is 4.98 Å². The van der Waals surface area contributed by atoms with Gasteiger partial charge in [0, 0.05) is 13.2 Å². The number of aromatic nitrogens is 2. The summed E-state index contributed by atoms with van der Waals surface area (Å²) in [5, 5.41) is 0. The van der Waals surface area contributed by atoms with Crippen molar-refractivity contribution in [3.05, 3.63) is 24.0 Å². The molecule has 1 aliphatic rings. The highest BCUT2D eigenvalue weighted by atomic mass is 19.1. The number of fused-ring (bicyclic) bond motifs is 1. The average molecular weight is 263 g/mol. The summed E-state index contributed by atoms with van der Waals surface area (Å²) in [5.41, 5.74) is 6.99. The molecule has 2 heterocycles. The van der Waals surface area contributed by atoms with Crippen LogP contribution in [0.15, 0.2) is 18.2 Å². The predicted molar refractivity (Wildman–Crippen MR) is 72.3 cm³/mol. The number of anilines is 1. The summed E-state index contributed by atoms with van der Waals surface area (Å²) < 4.78 is 21.2. The highest BCUT2D eigenvalue weighted by molar-refractivity contribution is 5.78. The molecule has 5 heteroatoms. The van der Waals surface area contributed by atoms with Crippen molar-refractivity contribution in [2.24, 2.45) is 0 Å². The van der Waals surface area contributed by atoms with Gasteiger partial charge in [-0.05, 0) is 37.8 Å². The molecule has 1 aliphatic heterocycles. The molecule has 2 aromatic rings. The summed E-state index contributed by atoms with van der Waals surface area (Å²) >= 11 is 0. The summed E-state index contributed by atoms with van der Waals surface area (Å²) in [5.74, 6) is 0.0489. The zero-order valence-corrected chi connectivity index (χ0v) is 10.8. The summed E-state index contributed by atoms with van der Waals surface area (Å²) in [6.45, 7) is 1.57. The van der Waals surface area contributed by atoms with Crippen LogP contribution in [-0.4, -0.2) is 22.3 Å². The maximum atomic E-state index is 13.6. The number of rotatable bonds is 3. The van der Waals surface area contributed by atoms with Crippen molar-refractivity contribution in [2.75, 3.05) is 12.3 Å². The van der Waals surface area contributed by atoms with Gasteiger partial charge in [-0.3, -0.25) is 0 Å². The lowest BCUT2D eigenvalue weighted by molar-refractivity contribution is 0.00906. The lowest BCUT2D eigenvalue weighted by atomic mass is 10.1. The Kier molecular flexibility index (Phi) is 3.38. The summed E-state index contributed by atoms with van der Waals surface area (Å²) in [6.07, 6.45) is 4.66. The molecule has 1 aromatic carbocycles. The van der Waals surface area contributed by atoms with Gasteiger partial charge in [-0.25, -0.2) is 9.37 Å². The number of nitrogens with zero attached hydrogens (tertiary/aromatic N) is 2. The number of ether oxygens (including phenoxy) is 1. The number of imidazole rings is 1. The molecule has 3 rings (SSSR count). The molecule has 0 spiro atoms. The minimum absolute atomic E-state index is 0.291. The largest absolute Gasteiger partial charge is 0.378 e. The normalized spacial score (nSPS) is 19.9. The van der Waals surface area contributed by atoms with E-state index in [0.29, 0.717) is 17.6 Å². The molecule has 1 saturated heterocycles. The van der Waals surface area contributed by atoms with Gasteiger partial charge in [0.05, 0.1) is 11.6 Å². The van der Waals surface area contributed by atoms with Crippen LogP contribution in [-0.2, 0) is 11.3 Å². The van der Waals surface area contributed by atoms with Crippen LogP contribution in [0.2, 0.25) is 0 Å². The lowest BCUT2D eigenvalue weighted by Crippen LogP contribution is -2.21. The molecule has 0 radical (unpaired) electrons. The van der Waals surface area contributed by atoms with E-state index >= 15 is 0 Å². The number of nitrogen functional groups attached to an aromatic ring is 1. The van der Waals surface area contributed by atoms with Gasteiger partial charge in [0.25, 0.3) is 0 Å². The molecule has 1 fully saturated rings. The van der Waals surface area contributed by atoms with E-state index in [1.807, 2.05) is 10.6 Å². The molecule has 19 heavy (non-hydrogen) atoms. The van der Waals surface area contributed by atoms with E-state index in [4.69, 9.17) is 10.5 Å². The van der Waals surface area contributed by atoms with Crippen molar-refractivity contribution in [1.82, 2.24) is 9.55 Å². The first-order valence-corrected chi connectivity index (χ1v) is 6.77. The Morgan fingerprint density at radius 1 is 1.42 bits per heavy atom. The molecule has 1 atom stereocenters. The van der Waals surface area contributed by atoms with Crippen LogP contribution in [0.3, 0.4) is 0 Å². The number of hydrogen-bond acceptors (Lipinski definition) is 3. The van der Waals surface area contributed by atoms with Gasteiger partial charge in [-0.15, -0.1) is 0 Å². The predicted octanol–water partition coefficient (Wildman–Crippen LogP) is 2.72. The van der Waals surface area contributed by atoms with Crippen LogP contribution in [0.25, 0.3) is 11.0 Å². The molecule has 0 saturated carbocycles. The lowest BCUT2D eigenvalue weighted by Gasteiger charge is -2.22. The molecule has 1 unspecified atom stereocenters. The van der Waals surface area contributed by atoms with Crippen LogP contribution in [0.5, 0.6) is 0 Å². The first-order chi connectivity index (χ1) is 9.25. The molecule has 2 N–H and O–H groups in total. The van der Waals surface area contributed by atoms with Crippen molar-refractivity contribution in [1.29, 1.82) is 0 Å². The molecular formula is C14H18FN3O. The van der Waals surface area contributed by atoms with Gasteiger partial charge in [-0.1, -0.05) is 6.07 Å². The van der Waals surface area contributed by atoms with E-state index in [1.54, 1.807) is 6.07 Å². The van der Waals surface area contributed by atoms with Crippen molar-refractivity contribution in [2.45, 2.75) is 38.3 Å². The third-order valence-corrected chi connectivity index (χ3v) is 3.71. The van der Waals surface area contributed by atoms with E-state index in [1.165, 1.54) is 12.5 Å². The topological polar surface area (TPSA) is 53.1 Å². The summed E-state index contributed by atoms with van der Waals surface area (Å²) in [7, 11) is 0. The fraction of sp³-hybridized carbons (Fsp3) is 0.500. The maximum absolute atomic E-state index is 13.6. The highest BCUT2D eigenvalue weighted by Crippen LogP contribution is 2.22. The van der Waals surface area contributed by atoms with Crippen molar-refractivity contribution < 1.29 is 9.13 Å². The quantitative estimate of drug-likeness (QED) is 0.926. The number of halogens is 1. The van der Waals surface area contributed by atoms with Crippen LogP contribution in [0.1, 0.15) is 25.7 Å². The second kappa shape index (κ2) is 5.17. The Balaban J connectivity index is 1.80. The zero-order chi connectivity index (χ0) is 13.2. The van der Waals surface area contributed by atoms with Crippen LogP contribution in [0.4, 0.5) is 10.3 Å². The first kappa shape index (κ1) is 12.4. The third kappa shape index (κ3) is 2.42. The van der Waals surface area contributed by atoms with Crippen molar-refractivity contribution >= 4 is 17.0 Å². The molecular weight excluding hydrogens is 245 g/mol. The zero-order valence-electron chi connectivity index (χ0n) is 10.8. The van der Waals surface area contributed by atoms with Gasteiger partial charge in [0.1, 0.15) is 5.52 Å².